The van der Waals surface area contributed by atoms with E-state index in [4.69, 9.17) is 0 Å². The molecule has 0 aliphatic carbocycles. The van der Waals surface area contributed by atoms with Gasteiger partial charge < -0.3 is 4.42 Å². The van der Waals surface area contributed by atoms with Crippen LogP contribution in [0.5, 0.6) is 0 Å². The minimum atomic E-state index is -4.98. The van der Waals surface area contributed by atoms with Crippen molar-refractivity contribution in [3.8, 4) is 0 Å². The van der Waals surface area contributed by atoms with Gasteiger partial charge in [-0.1, -0.05) is 0 Å². The van der Waals surface area contributed by atoms with Gasteiger partial charge in [-0.2, -0.15) is 13.2 Å². The number of furan rings is 1. The van der Waals surface area contributed by atoms with E-state index in [0.29, 0.717) is 0 Å². The van der Waals surface area contributed by atoms with Crippen LogP contribution in [-0.4, -0.2) is 17.9 Å². The average molecular weight is 221 g/mol. The molecule has 1 heterocycles. The van der Waals surface area contributed by atoms with E-state index >= 15 is 0 Å². The topological polar surface area (TPSA) is 59.3 Å². The van der Waals surface area contributed by atoms with Crippen molar-refractivity contribution in [2.24, 2.45) is 0 Å². The van der Waals surface area contributed by atoms with Gasteiger partial charge in [-0.25, -0.2) is 0 Å². The molecule has 0 saturated heterocycles. The Kier molecular flexibility index (Phi) is 2.83. The predicted molar refractivity (Wildman–Crippen MR) is 43.4 cm³/mol. The first-order valence-corrected chi connectivity index (χ1v) is 3.79. The number of halogens is 3. The summed E-state index contributed by atoms with van der Waals surface area (Å²) in [5, 5.41) is 1.47. The number of alkyl halides is 3. The van der Waals surface area contributed by atoms with Crippen LogP contribution >= 0.6 is 0 Å². The van der Waals surface area contributed by atoms with Crippen molar-refractivity contribution in [3.05, 3.63) is 17.9 Å². The van der Waals surface area contributed by atoms with E-state index in [9.17, 15) is 22.8 Å². The summed E-state index contributed by atoms with van der Waals surface area (Å²) in [6.07, 6.45) is -4.98. The van der Waals surface area contributed by atoms with Crippen LogP contribution in [0.3, 0.4) is 0 Å². The number of nitrogens with one attached hydrogen (secondary N) is 1. The van der Waals surface area contributed by atoms with E-state index < -0.39 is 23.8 Å². The molecule has 4 nitrogen and oxygen atoms in total. The molecule has 1 aromatic heterocycles. The molecule has 0 aliphatic rings. The normalized spacial score (nSPS) is 11.2. The molecule has 1 N–H and O–H groups in total. The smallest absolute Gasteiger partial charge is 0.437 e. The van der Waals surface area contributed by atoms with Crippen LogP contribution in [-0.2, 0) is 4.79 Å². The molecular weight excluding hydrogens is 215 g/mol. The molecule has 0 bridgehead atoms. The second kappa shape index (κ2) is 3.76. The fourth-order valence-corrected chi connectivity index (χ4v) is 0.777. The minimum Gasteiger partial charge on any atom is -0.437 e. The van der Waals surface area contributed by atoms with Gasteiger partial charge in [0.05, 0.1) is 0 Å². The molecule has 15 heavy (non-hydrogen) atoms. The molecule has 82 valence electrons. The third-order valence-corrected chi connectivity index (χ3v) is 1.45. The number of carbonyl (C=O) groups excluding carboxylic acids is 2. The van der Waals surface area contributed by atoms with E-state index in [1.807, 2.05) is 0 Å². The van der Waals surface area contributed by atoms with E-state index in [1.165, 1.54) is 18.3 Å². The second-order valence-electron chi connectivity index (χ2n) is 2.67. The molecule has 1 aromatic rings. The summed E-state index contributed by atoms with van der Waals surface area (Å²) in [4.78, 5) is 21.1. The Bertz CT molecular complexity index is 394. The summed E-state index contributed by atoms with van der Waals surface area (Å²) >= 11 is 0. The summed E-state index contributed by atoms with van der Waals surface area (Å²) in [6, 6.07) is 2.24. The fraction of sp³-hybridized carbons (Fsp3) is 0.250. The zero-order valence-corrected chi connectivity index (χ0v) is 7.51. The number of carbonyl (C=O) groups is 2. The van der Waals surface area contributed by atoms with Gasteiger partial charge >= 0.3 is 12.1 Å². The number of ketones is 1. The van der Waals surface area contributed by atoms with E-state index in [0.717, 1.165) is 6.07 Å². The molecule has 0 spiro atoms. The lowest BCUT2D eigenvalue weighted by atomic mass is 10.3. The minimum absolute atomic E-state index is 0.118. The van der Waals surface area contributed by atoms with Crippen LogP contribution in [0.2, 0.25) is 0 Å². The van der Waals surface area contributed by atoms with Gasteiger partial charge in [0.2, 0.25) is 5.88 Å². The highest BCUT2D eigenvalue weighted by Gasteiger charge is 2.39. The number of hydrogen-bond donors (Lipinski definition) is 1. The second-order valence-corrected chi connectivity index (χ2v) is 2.67. The van der Waals surface area contributed by atoms with Gasteiger partial charge in [-0.05, 0) is 6.07 Å². The van der Waals surface area contributed by atoms with Crippen LogP contribution < -0.4 is 5.32 Å². The highest BCUT2D eigenvalue weighted by atomic mass is 19.4. The van der Waals surface area contributed by atoms with E-state index in [1.54, 1.807) is 0 Å². The highest BCUT2D eigenvalue weighted by Crippen LogP contribution is 2.19. The maximum absolute atomic E-state index is 11.8. The van der Waals surface area contributed by atoms with Crippen LogP contribution in [0.15, 0.2) is 16.5 Å². The van der Waals surface area contributed by atoms with Crippen LogP contribution in [0, 0.1) is 0 Å². The van der Waals surface area contributed by atoms with Crippen LogP contribution in [0.25, 0.3) is 0 Å². The molecule has 1 amide bonds. The SMILES string of the molecule is CC(=O)c1ccc(NC(=O)C(F)(F)F)o1. The van der Waals surface area contributed by atoms with Crippen molar-refractivity contribution < 1.29 is 27.2 Å². The van der Waals surface area contributed by atoms with Gasteiger partial charge in [0.1, 0.15) is 0 Å². The summed E-state index contributed by atoms with van der Waals surface area (Å²) in [5.74, 6) is -3.12. The Balaban J connectivity index is 2.74. The first-order chi connectivity index (χ1) is 6.80. The van der Waals surface area contributed by atoms with Crippen molar-refractivity contribution in [3.63, 3.8) is 0 Å². The summed E-state index contributed by atoms with van der Waals surface area (Å²) in [7, 11) is 0. The van der Waals surface area contributed by atoms with Gasteiger partial charge in [-0.3, -0.25) is 14.9 Å². The standard InChI is InChI=1S/C8H6F3NO3/c1-4(13)5-2-3-6(15-5)12-7(14)8(9,10)11/h2-3H,1H3,(H,12,14). The zero-order valence-electron chi connectivity index (χ0n) is 7.51. The number of Topliss-reactive ketones (excluding diaryl/α,β-unsaturated/α-hetero) is 1. The molecule has 0 unspecified atom stereocenters. The van der Waals surface area contributed by atoms with Crippen molar-refractivity contribution in [1.82, 2.24) is 0 Å². The first kappa shape index (κ1) is 11.3. The van der Waals surface area contributed by atoms with Crippen molar-refractivity contribution in [2.45, 2.75) is 13.1 Å². The Morgan fingerprint density at radius 3 is 2.33 bits per heavy atom. The predicted octanol–water partition coefficient (Wildman–Crippen LogP) is 1.98. The molecule has 1 rings (SSSR count). The number of amides is 1. The largest absolute Gasteiger partial charge is 0.471 e. The maximum Gasteiger partial charge on any atom is 0.471 e. The average Bonchev–Trinajstić information content (AvgIpc) is 2.50. The number of hydrogen-bond acceptors (Lipinski definition) is 3. The molecule has 0 fully saturated rings. The van der Waals surface area contributed by atoms with Gasteiger partial charge in [-0.15, -0.1) is 0 Å². The molecule has 7 heteroatoms. The van der Waals surface area contributed by atoms with Gasteiger partial charge in [0.25, 0.3) is 0 Å². The van der Waals surface area contributed by atoms with Crippen molar-refractivity contribution >= 4 is 17.6 Å². The van der Waals surface area contributed by atoms with Crippen LogP contribution in [0.1, 0.15) is 17.5 Å². The van der Waals surface area contributed by atoms with Crippen molar-refractivity contribution in [2.75, 3.05) is 5.32 Å². The highest BCUT2D eigenvalue weighted by molar-refractivity contribution is 5.95. The van der Waals surface area contributed by atoms with Gasteiger partial charge in [0.15, 0.2) is 11.5 Å². The Morgan fingerprint density at radius 2 is 1.93 bits per heavy atom. The summed E-state index contributed by atoms with van der Waals surface area (Å²) in [5.41, 5.74) is 0. The van der Waals surface area contributed by atoms with Crippen molar-refractivity contribution in [1.29, 1.82) is 0 Å². The quantitative estimate of drug-likeness (QED) is 0.777. The maximum atomic E-state index is 11.8. The van der Waals surface area contributed by atoms with E-state index in [-0.39, 0.29) is 5.76 Å². The Labute approximate surface area is 82.1 Å². The first-order valence-electron chi connectivity index (χ1n) is 3.79. The lowest BCUT2D eigenvalue weighted by Gasteiger charge is -2.04. The monoisotopic (exact) mass is 221 g/mol. The third-order valence-electron chi connectivity index (χ3n) is 1.45. The fourth-order valence-electron chi connectivity index (χ4n) is 0.777. The Morgan fingerprint density at radius 1 is 1.33 bits per heavy atom. The molecule has 0 aliphatic heterocycles. The molecular formula is C8H6F3NO3. The summed E-state index contributed by atoms with van der Waals surface area (Å²) in [6.45, 7) is 1.19. The lowest BCUT2D eigenvalue weighted by Crippen LogP contribution is -2.29. The summed E-state index contributed by atoms with van der Waals surface area (Å²) < 4.78 is 40.0. The molecule has 0 saturated carbocycles. The number of anilines is 1. The van der Waals surface area contributed by atoms with Crippen LogP contribution in [0.4, 0.5) is 19.1 Å². The molecule has 0 aromatic carbocycles. The number of rotatable bonds is 2. The van der Waals surface area contributed by atoms with Gasteiger partial charge in [0, 0.05) is 13.0 Å². The lowest BCUT2D eigenvalue weighted by molar-refractivity contribution is -0.167. The zero-order chi connectivity index (χ0) is 11.6. The van der Waals surface area contributed by atoms with E-state index in [2.05, 4.69) is 4.42 Å². The molecule has 0 atom stereocenters. The third kappa shape index (κ3) is 2.83. The molecule has 0 radical (unpaired) electrons. The Hall–Kier alpha value is -1.79.